The largest absolute Gasteiger partial charge is 0.458 e. The molecule has 0 saturated heterocycles. The van der Waals surface area contributed by atoms with Crippen molar-refractivity contribution in [1.29, 1.82) is 0 Å². The maximum atomic E-state index is 14.0. The van der Waals surface area contributed by atoms with E-state index in [2.05, 4.69) is 29.9 Å². The second-order valence-electron chi connectivity index (χ2n) is 12.3. The molecule has 0 amide bonds. The highest BCUT2D eigenvalue weighted by molar-refractivity contribution is 5.92. The molecule has 6 aromatic rings. The number of rotatable bonds is 17. The van der Waals surface area contributed by atoms with Crippen LogP contribution in [0.4, 0.5) is 0 Å². The average molecular weight is 813 g/mol. The van der Waals surface area contributed by atoms with E-state index in [1.807, 2.05) is 0 Å². The van der Waals surface area contributed by atoms with Gasteiger partial charge in [0.05, 0.1) is 33.4 Å². The molecule has 18 nitrogen and oxygen atoms in total. The summed E-state index contributed by atoms with van der Waals surface area (Å²) in [6.07, 6.45) is 7.86. The van der Waals surface area contributed by atoms with E-state index < -0.39 is 73.4 Å². The summed E-state index contributed by atoms with van der Waals surface area (Å²) < 4.78 is 35.0. The van der Waals surface area contributed by atoms with Crippen LogP contribution in [0.3, 0.4) is 0 Å². The Morgan fingerprint density at radius 1 is 0.350 bits per heavy atom. The van der Waals surface area contributed by atoms with Crippen LogP contribution in [0.15, 0.2) is 147 Å². The lowest BCUT2D eigenvalue weighted by atomic mass is 10.0. The molecule has 0 bridgehead atoms. The SMILES string of the molecule is O=C(OC[C@H](OC(=O)c1cccnc1)[C@H](OC(=O)c1cccnc1)[C@@H](OC(=O)c1cccnc1)[C@H](COC(=O)c1cccnc1)OC(=O)c1cccnc1)c1cccnc1. The maximum absolute atomic E-state index is 14.0. The van der Waals surface area contributed by atoms with E-state index in [1.54, 1.807) is 0 Å². The molecular formula is C42H32N6O12. The number of pyridine rings is 6. The summed E-state index contributed by atoms with van der Waals surface area (Å²) in [5, 5.41) is 0. The molecule has 6 rings (SSSR count). The van der Waals surface area contributed by atoms with Gasteiger partial charge in [-0.25, -0.2) is 28.8 Å². The van der Waals surface area contributed by atoms with Crippen molar-refractivity contribution < 1.29 is 57.2 Å². The van der Waals surface area contributed by atoms with Gasteiger partial charge in [0.2, 0.25) is 0 Å². The van der Waals surface area contributed by atoms with Gasteiger partial charge in [0, 0.05) is 74.4 Å². The highest BCUT2D eigenvalue weighted by atomic mass is 16.6. The molecule has 302 valence electrons. The standard InChI is InChI=1S/C42H32N6O12/c49-37(27-7-1-13-43-19-27)55-25-33(57-39(51)29-9-3-15-45-21-29)35(59-41(53)31-11-5-17-47-23-31)36(60-42(54)32-12-6-18-48-24-32)34(58-40(52)30-10-4-16-46-22-30)26-56-38(50)28-8-2-14-44-20-28/h1-24,33-36H,25-26H2/t33-,34-,35-,36-/m0/s1. The zero-order chi connectivity index (χ0) is 42.1. The topological polar surface area (TPSA) is 235 Å². The number of aromatic nitrogens is 6. The van der Waals surface area contributed by atoms with Crippen LogP contribution in [0.25, 0.3) is 0 Å². The van der Waals surface area contributed by atoms with E-state index in [4.69, 9.17) is 28.4 Å². The van der Waals surface area contributed by atoms with Crippen molar-refractivity contribution in [2.75, 3.05) is 13.2 Å². The van der Waals surface area contributed by atoms with Gasteiger partial charge in [-0.1, -0.05) is 0 Å². The third-order valence-electron chi connectivity index (χ3n) is 8.20. The Labute approximate surface area is 340 Å². The van der Waals surface area contributed by atoms with E-state index in [1.165, 1.54) is 147 Å². The molecule has 0 aliphatic heterocycles. The molecule has 0 aromatic carbocycles. The van der Waals surface area contributed by atoms with Crippen LogP contribution in [0.5, 0.6) is 0 Å². The number of carbonyl (C=O) groups is 6. The second kappa shape index (κ2) is 20.8. The lowest BCUT2D eigenvalue weighted by Gasteiger charge is -2.35. The first kappa shape index (κ1) is 41.4. The van der Waals surface area contributed by atoms with Gasteiger partial charge in [-0.3, -0.25) is 29.9 Å². The van der Waals surface area contributed by atoms with E-state index >= 15 is 0 Å². The van der Waals surface area contributed by atoms with E-state index in [0.29, 0.717) is 0 Å². The maximum Gasteiger partial charge on any atom is 0.340 e. The van der Waals surface area contributed by atoms with Crippen molar-refractivity contribution in [3.63, 3.8) is 0 Å². The highest BCUT2D eigenvalue weighted by Gasteiger charge is 2.46. The minimum absolute atomic E-state index is 0.00360. The van der Waals surface area contributed by atoms with Crippen LogP contribution in [0.1, 0.15) is 62.1 Å². The Hall–Kier alpha value is -8.28. The third kappa shape index (κ3) is 11.4. The summed E-state index contributed by atoms with van der Waals surface area (Å²) in [5.41, 5.74) is -0.375. The van der Waals surface area contributed by atoms with Gasteiger partial charge in [0.1, 0.15) is 13.2 Å². The van der Waals surface area contributed by atoms with Crippen molar-refractivity contribution in [2.24, 2.45) is 0 Å². The normalized spacial score (nSPS) is 12.6. The first-order chi connectivity index (χ1) is 29.3. The van der Waals surface area contributed by atoms with Crippen molar-refractivity contribution in [3.8, 4) is 0 Å². The van der Waals surface area contributed by atoms with E-state index in [9.17, 15) is 28.8 Å². The smallest absolute Gasteiger partial charge is 0.340 e. The number of hydrogen-bond donors (Lipinski definition) is 0. The number of hydrogen-bond acceptors (Lipinski definition) is 18. The monoisotopic (exact) mass is 812 g/mol. The third-order valence-corrected chi connectivity index (χ3v) is 8.20. The summed E-state index contributed by atoms with van der Waals surface area (Å²) in [6.45, 7) is -1.71. The summed E-state index contributed by atoms with van der Waals surface area (Å²) in [4.78, 5) is 106. The van der Waals surface area contributed by atoms with Crippen molar-refractivity contribution in [3.05, 3.63) is 181 Å². The number of esters is 6. The first-order valence-electron chi connectivity index (χ1n) is 17.8. The molecule has 0 aliphatic rings. The van der Waals surface area contributed by atoms with E-state index in [0.717, 1.165) is 0 Å². The molecule has 4 atom stereocenters. The Morgan fingerprint density at radius 3 is 0.817 bits per heavy atom. The quantitative estimate of drug-likeness (QED) is 0.0935. The molecule has 0 radical (unpaired) electrons. The van der Waals surface area contributed by atoms with Crippen molar-refractivity contribution in [1.82, 2.24) is 29.9 Å². The minimum Gasteiger partial charge on any atom is -0.458 e. The Bertz CT molecular complexity index is 2200. The molecule has 18 heteroatoms. The number of nitrogens with zero attached hydrogens (tertiary/aromatic N) is 6. The molecule has 60 heavy (non-hydrogen) atoms. The summed E-state index contributed by atoms with van der Waals surface area (Å²) in [6, 6.07) is 17.1. The first-order valence-corrected chi connectivity index (χ1v) is 17.8. The van der Waals surface area contributed by atoms with Crippen LogP contribution in [-0.4, -0.2) is 103 Å². The van der Waals surface area contributed by atoms with Gasteiger partial charge < -0.3 is 28.4 Å². The molecule has 0 saturated carbocycles. The fraction of sp³-hybridized carbons (Fsp3) is 0.143. The molecule has 0 unspecified atom stereocenters. The Morgan fingerprint density at radius 2 is 0.583 bits per heavy atom. The minimum atomic E-state index is -2.02. The van der Waals surface area contributed by atoms with Gasteiger partial charge in [0.25, 0.3) is 0 Å². The second-order valence-corrected chi connectivity index (χ2v) is 12.3. The highest BCUT2D eigenvalue weighted by Crippen LogP contribution is 2.25. The summed E-state index contributed by atoms with van der Waals surface area (Å²) >= 11 is 0. The zero-order valence-corrected chi connectivity index (χ0v) is 31.2. The molecule has 6 heterocycles. The average Bonchev–Trinajstić information content (AvgIpc) is 3.31. The van der Waals surface area contributed by atoms with Gasteiger partial charge >= 0.3 is 35.8 Å². The molecule has 6 aromatic heterocycles. The number of ether oxygens (including phenoxy) is 6. The molecular weight excluding hydrogens is 780 g/mol. The lowest BCUT2D eigenvalue weighted by molar-refractivity contribution is -0.138. The van der Waals surface area contributed by atoms with Crippen molar-refractivity contribution >= 4 is 35.8 Å². The molecule has 0 fully saturated rings. The molecule has 0 N–H and O–H groups in total. The van der Waals surface area contributed by atoms with Gasteiger partial charge in [-0.15, -0.1) is 0 Å². The fourth-order valence-electron chi connectivity index (χ4n) is 5.28. The summed E-state index contributed by atoms with van der Waals surface area (Å²) in [5.74, 6) is -6.15. The van der Waals surface area contributed by atoms with Crippen LogP contribution in [0.2, 0.25) is 0 Å². The van der Waals surface area contributed by atoms with Crippen LogP contribution < -0.4 is 0 Å². The Kier molecular flexibility index (Phi) is 14.3. The van der Waals surface area contributed by atoms with Crippen LogP contribution >= 0.6 is 0 Å². The van der Waals surface area contributed by atoms with Crippen LogP contribution in [0, 0.1) is 0 Å². The van der Waals surface area contributed by atoms with Crippen LogP contribution in [-0.2, 0) is 28.4 Å². The molecule has 0 spiro atoms. The lowest BCUT2D eigenvalue weighted by Crippen LogP contribution is -2.54. The predicted molar refractivity (Wildman–Crippen MR) is 203 cm³/mol. The van der Waals surface area contributed by atoms with E-state index in [-0.39, 0.29) is 33.4 Å². The van der Waals surface area contributed by atoms with Gasteiger partial charge in [-0.05, 0) is 72.8 Å². The van der Waals surface area contributed by atoms with Gasteiger partial charge in [0.15, 0.2) is 24.4 Å². The fourth-order valence-corrected chi connectivity index (χ4v) is 5.28. The van der Waals surface area contributed by atoms with Crippen molar-refractivity contribution in [2.45, 2.75) is 24.4 Å². The van der Waals surface area contributed by atoms with Gasteiger partial charge in [-0.2, -0.15) is 0 Å². The molecule has 0 aliphatic carbocycles. The number of carbonyl (C=O) groups excluding carboxylic acids is 6. The Balaban J connectivity index is 1.48. The predicted octanol–water partition coefficient (Wildman–Crippen LogP) is 3.97. The summed E-state index contributed by atoms with van der Waals surface area (Å²) in [7, 11) is 0. The zero-order valence-electron chi connectivity index (χ0n) is 31.2.